The van der Waals surface area contributed by atoms with E-state index in [1.54, 1.807) is 0 Å². The summed E-state index contributed by atoms with van der Waals surface area (Å²) in [5.74, 6) is 1.60. The minimum absolute atomic E-state index is 0.0460. The third-order valence-electron chi connectivity index (χ3n) is 4.46. The third kappa shape index (κ3) is 1.35. The SMILES string of the molecule is COC(=O)O[C@H]1[C@@H]2C[C@H]3C[C@@H](C2)C(=O)[C@@H]1C3. The summed E-state index contributed by atoms with van der Waals surface area (Å²) in [6, 6.07) is 0. The fourth-order valence-electron chi connectivity index (χ4n) is 3.92. The fraction of sp³-hybridized carbons (Fsp3) is 0.833. The zero-order valence-electron chi connectivity index (χ0n) is 9.35. The zero-order valence-corrected chi connectivity index (χ0v) is 9.35. The molecule has 0 saturated heterocycles. The topological polar surface area (TPSA) is 52.6 Å². The van der Waals surface area contributed by atoms with Gasteiger partial charge in [0, 0.05) is 5.92 Å². The first-order valence-corrected chi connectivity index (χ1v) is 5.97. The van der Waals surface area contributed by atoms with Crippen molar-refractivity contribution in [2.75, 3.05) is 7.11 Å². The molecule has 0 amide bonds. The van der Waals surface area contributed by atoms with E-state index in [0.717, 1.165) is 25.7 Å². The Morgan fingerprint density at radius 2 is 2.06 bits per heavy atom. The van der Waals surface area contributed by atoms with Crippen molar-refractivity contribution in [3.8, 4) is 0 Å². The maximum atomic E-state index is 12.0. The molecule has 0 spiro atoms. The number of hydrogen-bond donors (Lipinski definition) is 0. The first-order chi connectivity index (χ1) is 7.69. The largest absolute Gasteiger partial charge is 0.508 e. The Labute approximate surface area is 94.3 Å². The highest BCUT2D eigenvalue weighted by atomic mass is 16.7. The van der Waals surface area contributed by atoms with Crippen LogP contribution in [0.1, 0.15) is 25.7 Å². The molecule has 0 aliphatic heterocycles. The van der Waals surface area contributed by atoms with Gasteiger partial charge in [0.1, 0.15) is 11.9 Å². The van der Waals surface area contributed by atoms with Crippen LogP contribution in [-0.2, 0) is 14.3 Å². The molecule has 4 aliphatic rings. The van der Waals surface area contributed by atoms with Gasteiger partial charge in [0.2, 0.25) is 0 Å². The Hall–Kier alpha value is -1.06. The number of Topliss-reactive ketones (excluding diaryl/α,β-unsaturated/α-hetero) is 1. The molecule has 0 aromatic heterocycles. The smallest absolute Gasteiger partial charge is 0.438 e. The van der Waals surface area contributed by atoms with Crippen LogP contribution in [0.4, 0.5) is 4.79 Å². The molecule has 4 heteroatoms. The van der Waals surface area contributed by atoms with Gasteiger partial charge in [-0.1, -0.05) is 0 Å². The van der Waals surface area contributed by atoms with Crippen molar-refractivity contribution < 1.29 is 19.1 Å². The highest BCUT2D eigenvalue weighted by molar-refractivity contribution is 5.86. The molecule has 88 valence electrons. The highest BCUT2D eigenvalue weighted by Crippen LogP contribution is 2.52. The van der Waals surface area contributed by atoms with Crippen LogP contribution in [-0.4, -0.2) is 25.2 Å². The minimum atomic E-state index is -0.648. The maximum Gasteiger partial charge on any atom is 0.508 e. The van der Waals surface area contributed by atoms with E-state index in [0.29, 0.717) is 17.6 Å². The van der Waals surface area contributed by atoms with Gasteiger partial charge < -0.3 is 9.47 Å². The summed E-state index contributed by atoms with van der Waals surface area (Å²) >= 11 is 0. The van der Waals surface area contributed by atoms with Gasteiger partial charge in [-0.3, -0.25) is 4.79 Å². The van der Waals surface area contributed by atoms with Gasteiger partial charge in [0.15, 0.2) is 0 Å². The molecule has 4 nitrogen and oxygen atoms in total. The second-order valence-electron chi connectivity index (χ2n) is 5.31. The average molecular weight is 224 g/mol. The number of ketones is 1. The lowest BCUT2D eigenvalue weighted by Gasteiger charge is -2.51. The van der Waals surface area contributed by atoms with Crippen molar-refractivity contribution in [3.63, 3.8) is 0 Å². The van der Waals surface area contributed by atoms with Crippen LogP contribution in [0.25, 0.3) is 0 Å². The van der Waals surface area contributed by atoms with Crippen molar-refractivity contribution in [1.82, 2.24) is 0 Å². The van der Waals surface area contributed by atoms with Crippen LogP contribution < -0.4 is 0 Å². The Balaban J connectivity index is 1.80. The van der Waals surface area contributed by atoms with Crippen LogP contribution in [0.3, 0.4) is 0 Å². The van der Waals surface area contributed by atoms with Gasteiger partial charge in [-0.2, -0.15) is 0 Å². The van der Waals surface area contributed by atoms with Crippen LogP contribution in [0.5, 0.6) is 0 Å². The van der Waals surface area contributed by atoms with Gasteiger partial charge in [-0.05, 0) is 37.5 Å². The number of carbonyl (C=O) groups excluding carboxylic acids is 2. The summed E-state index contributed by atoms with van der Waals surface area (Å²) in [5.41, 5.74) is 0. The first-order valence-electron chi connectivity index (χ1n) is 5.97. The number of methoxy groups -OCH3 is 1. The van der Waals surface area contributed by atoms with E-state index in [9.17, 15) is 9.59 Å². The Kier molecular flexibility index (Phi) is 2.19. The van der Waals surface area contributed by atoms with E-state index in [4.69, 9.17) is 4.74 Å². The van der Waals surface area contributed by atoms with Gasteiger partial charge in [0.25, 0.3) is 0 Å². The normalized spacial score (nSPS) is 44.6. The zero-order chi connectivity index (χ0) is 11.3. The van der Waals surface area contributed by atoms with Gasteiger partial charge >= 0.3 is 6.16 Å². The molecule has 0 radical (unpaired) electrons. The molecule has 4 fully saturated rings. The maximum absolute atomic E-state index is 12.0. The molecule has 4 saturated carbocycles. The lowest BCUT2D eigenvalue weighted by Crippen LogP contribution is -2.55. The van der Waals surface area contributed by atoms with E-state index >= 15 is 0 Å². The Morgan fingerprint density at radius 1 is 1.25 bits per heavy atom. The van der Waals surface area contributed by atoms with Crippen LogP contribution in [0.2, 0.25) is 0 Å². The summed E-state index contributed by atoms with van der Waals surface area (Å²) in [7, 11) is 1.31. The monoisotopic (exact) mass is 224 g/mol. The second kappa shape index (κ2) is 3.47. The fourth-order valence-corrected chi connectivity index (χ4v) is 3.92. The average Bonchev–Trinajstić information content (AvgIpc) is 2.29. The predicted octanol–water partition coefficient (Wildman–Crippen LogP) is 1.77. The molecular formula is C12H16O4. The van der Waals surface area contributed by atoms with Crippen LogP contribution in [0, 0.1) is 23.7 Å². The molecule has 0 aromatic rings. The second-order valence-corrected chi connectivity index (χ2v) is 5.31. The number of carbonyl (C=O) groups is 2. The van der Waals surface area contributed by atoms with Crippen molar-refractivity contribution in [1.29, 1.82) is 0 Å². The number of ether oxygens (including phenoxy) is 2. The minimum Gasteiger partial charge on any atom is -0.438 e. The van der Waals surface area contributed by atoms with E-state index < -0.39 is 6.16 Å². The molecule has 0 unspecified atom stereocenters. The molecule has 4 rings (SSSR count). The number of hydrogen-bond acceptors (Lipinski definition) is 4. The highest BCUT2D eigenvalue weighted by Gasteiger charge is 2.54. The molecule has 4 bridgehead atoms. The predicted molar refractivity (Wildman–Crippen MR) is 54.7 cm³/mol. The van der Waals surface area contributed by atoms with Crippen LogP contribution in [0.15, 0.2) is 0 Å². The van der Waals surface area contributed by atoms with Gasteiger partial charge in [0.05, 0.1) is 13.0 Å². The van der Waals surface area contributed by atoms with E-state index in [1.165, 1.54) is 7.11 Å². The van der Waals surface area contributed by atoms with E-state index in [2.05, 4.69) is 4.74 Å². The molecule has 5 atom stereocenters. The van der Waals surface area contributed by atoms with Crippen molar-refractivity contribution >= 4 is 11.9 Å². The van der Waals surface area contributed by atoms with E-state index in [1.807, 2.05) is 0 Å². The lowest BCUT2D eigenvalue weighted by atomic mass is 9.54. The van der Waals surface area contributed by atoms with Crippen LogP contribution >= 0.6 is 0 Å². The van der Waals surface area contributed by atoms with Gasteiger partial charge in [-0.15, -0.1) is 0 Å². The summed E-state index contributed by atoms with van der Waals surface area (Å²) in [4.78, 5) is 23.2. The molecule has 0 heterocycles. The molecule has 0 aromatic carbocycles. The molecular weight excluding hydrogens is 208 g/mol. The summed E-state index contributed by atoms with van der Waals surface area (Å²) < 4.78 is 9.78. The molecule has 4 aliphatic carbocycles. The third-order valence-corrected chi connectivity index (χ3v) is 4.46. The summed E-state index contributed by atoms with van der Waals surface area (Å²) in [6.07, 6.45) is 3.14. The summed E-state index contributed by atoms with van der Waals surface area (Å²) in [5, 5.41) is 0. The van der Waals surface area contributed by atoms with Crippen molar-refractivity contribution in [3.05, 3.63) is 0 Å². The van der Waals surface area contributed by atoms with E-state index in [-0.39, 0.29) is 17.9 Å². The van der Waals surface area contributed by atoms with Gasteiger partial charge in [-0.25, -0.2) is 4.79 Å². The quantitative estimate of drug-likeness (QED) is 0.637. The standard InChI is InChI=1S/C12H16O4/c1-15-12(14)16-11-8-3-6-2-7(5-8)10(13)9(11)4-6/h6-9,11H,2-5H2,1H3/t6-,7+,8-,9+,11+/m1/s1. The van der Waals surface area contributed by atoms with Crippen molar-refractivity contribution in [2.24, 2.45) is 23.7 Å². The summed E-state index contributed by atoms with van der Waals surface area (Å²) in [6.45, 7) is 0. The first kappa shape index (κ1) is 10.1. The lowest BCUT2D eigenvalue weighted by molar-refractivity contribution is -0.156. The molecule has 0 N–H and O–H groups in total. The Morgan fingerprint density at radius 3 is 2.81 bits per heavy atom. The van der Waals surface area contributed by atoms with Crippen molar-refractivity contribution in [2.45, 2.75) is 31.8 Å². The Bertz CT molecular complexity index is 338. The molecule has 16 heavy (non-hydrogen) atoms. The number of rotatable bonds is 1.